The van der Waals surface area contributed by atoms with Crippen molar-refractivity contribution < 1.29 is 22.8 Å². The average molecular weight is 524 g/mol. The summed E-state index contributed by atoms with van der Waals surface area (Å²) >= 11 is 0. The number of nitrogens with zero attached hydrogens (tertiary/aromatic N) is 3. The topological polar surface area (TPSA) is 112 Å². The van der Waals surface area contributed by atoms with E-state index in [1.54, 1.807) is 4.90 Å². The van der Waals surface area contributed by atoms with Gasteiger partial charge in [-0.3, -0.25) is 19.9 Å². The van der Waals surface area contributed by atoms with Crippen LogP contribution in [0.2, 0.25) is 0 Å². The Morgan fingerprint density at radius 1 is 1.16 bits per heavy atom. The molecule has 1 aromatic carbocycles. The number of benzene rings is 1. The molecule has 4 rings (SSSR count). The summed E-state index contributed by atoms with van der Waals surface area (Å²) in [7, 11) is 0. The van der Waals surface area contributed by atoms with Crippen LogP contribution in [0.15, 0.2) is 23.2 Å². The summed E-state index contributed by atoms with van der Waals surface area (Å²) < 4.78 is 39.9. The second-order valence-electron chi connectivity index (χ2n) is 11.1. The van der Waals surface area contributed by atoms with Crippen LogP contribution in [0, 0.1) is 5.21 Å². The van der Waals surface area contributed by atoms with Crippen LogP contribution in [0.4, 0.5) is 18.9 Å². The number of hydroxylamine groups is 1. The van der Waals surface area contributed by atoms with Crippen LogP contribution in [0.25, 0.3) is 0 Å². The first-order valence-electron chi connectivity index (χ1n) is 12.5. The van der Waals surface area contributed by atoms with E-state index in [0.717, 1.165) is 31.0 Å². The second-order valence-corrected chi connectivity index (χ2v) is 11.1. The lowest BCUT2D eigenvalue weighted by Crippen LogP contribution is -2.59. The summed E-state index contributed by atoms with van der Waals surface area (Å²) in [6, 6.07) is 2.01. The Balaban J connectivity index is 1.49. The lowest BCUT2D eigenvalue weighted by Gasteiger charge is -2.43. The van der Waals surface area contributed by atoms with Gasteiger partial charge in [-0.15, -0.1) is 0 Å². The zero-order valence-electron chi connectivity index (χ0n) is 21.4. The molecule has 2 heterocycles. The minimum atomic E-state index is -4.58. The van der Waals surface area contributed by atoms with Crippen LogP contribution in [-0.4, -0.2) is 59.3 Å². The number of alkyl halides is 3. The van der Waals surface area contributed by atoms with Gasteiger partial charge < -0.3 is 25.8 Å². The van der Waals surface area contributed by atoms with Crippen molar-refractivity contribution in [3.63, 3.8) is 0 Å². The highest BCUT2D eigenvalue weighted by Gasteiger charge is 2.43. The summed E-state index contributed by atoms with van der Waals surface area (Å²) in [5.41, 5.74) is -0.845. The Morgan fingerprint density at radius 3 is 2.54 bits per heavy atom. The fourth-order valence-electron chi connectivity index (χ4n) is 5.62. The summed E-state index contributed by atoms with van der Waals surface area (Å²) in [5.74, 6) is -0.348. The standard InChI is InChI=1S/C25H34F3N6O3/c1-14(35)30-19-12-16(32-24(2,3)4)6-8-21(19)33-10-9-18(23(33)36)31-22-17-11-15(25(26,27)28)5-7-20(17)34(37)13-29-22/h5,7,11,13,16,18-19,21-22,31-32H,6,8-10,12H2,1-4H3,(H,30,35)/q-1/t16-,18+,19-,21+,22?/m1/s1. The first-order chi connectivity index (χ1) is 17.2. The molecule has 1 aliphatic carbocycles. The van der Waals surface area contributed by atoms with Crippen molar-refractivity contribution in [2.45, 2.75) is 95.4 Å². The normalized spacial score (nSPS) is 28.4. The van der Waals surface area contributed by atoms with Gasteiger partial charge in [0, 0.05) is 36.3 Å². The fourth-order valence-corrected chi connectivity index (χ4v) is 5.62. The van der Waals surface area contributed by atoms with Crippen molar-refractivity contribution in [3.8, 4) is 0 Å². The smallest absolute Gasteiger partial charge is 0.416 e. The minimum Gasteiger partial charge on any atom is -0.753 e. The predicted molar refractivity (Wildman–Crippen MR) is 134 cm³/mol. The SMILES string of the molecule is CC(=O)N[C@@H]1C[C@H](NC(C)(C)C)CC[C@@H]1N1CC[C@H](NC2N=CN([O-])c3ccc(C(F)(F)F)cc32)C1=O. The van der Waals surface area contributed by atoms with Crippen LogP contribution >= 0.6 is 0 Å². The molecule has 2 amide bonds. The van der Waals surface area contributed by atoms with Gasteiger partial charge in [0.1, 0.15) is 6.17 Å². The van der Waals surface area contributed by atoms with Crippen molar-refractivity contribution in [2.24, 2.45) is 4.99 Å². The highest BCUT2D eigenvalue weighted by Crippen LogP contribution is 2.37. The van der Waals surface area contributed by atoms with Crippen LogP contribution in [0.3, 0.4) is 0 Å². The lowest BCUT2D eigenvalue weighted by molar-refractivity contribution is -0.137. The summed E-state index contributed by atoms with van der Waals surface area (Å²) in [5, 5.41) is 22.2. The number of nitrogens with one attached hydrogen (secondary N) is 3. The van der Waals surface area contributed by atoms with Crippen LogP contribution in [0.1, 0.15) is 70.7 Å². The number of hydrogen-bond donors (Lipinski definition) is 3. The van der Waals surface area contributed by atoms with E-state index >= 15 is 0 Å². The first kappa shape index (κ1) is 27.3. The monoisotopic (exact) mass is 523 g/mol. The zero-order valence-corrected chi connectivity index (χ0v) is 21.4. The lowest BCUT2D eigenvalue weighted by atomic mass is 9.84. The molecule has 0 radical (unpaired) electrons. The van der Waals surface area contributed by atoms with Crippen molar-refractivity contribution in [1.82, 2.24) is 20.9 Å². The van der Waals surface area contributed by atoms with E-state index in [1.165, 1.54) is 6.92 Å². The molecule has 204 valence electrons. The molecule has 3 aliphatic rings. The van der Waals surface area contributed by atoms with Gasteiger partial charge >= 0.3 is 6.18 Å². The van der Waals surface area contributed by atoms with Crippen molar-refractivity contribution in [2.75, 3.05) is 11.6 Å². The van der Waals surface area contributed by atoms with E-state index in [4.69, 9.17) is 0 Å². The molecule has 37 heavy (non-hydrogen) atoms. The fraction of sp³-hybridized carbons (Fsp3) is 0.640. The van der Waals surface area contributed by atoms with E-state index in [9.17, 15) is 28.0 Å². The summed E-state index contributed by atoms with van der Waals surface area (Å²) in [6.07, 6.45) is -1.86. The summed E-state index contributed by atoms with van der Waals surface area (Å²) in [6.45, 7) is 8.17. The third kappa shape index (κ3) is 6.24. The molecule has 2 fully saturated rings. The van der Waals surface area contributed by atoms with Crippen molar-refractivity contribution >= 4 is 23.8 Å². The van der Waals surface area contributed by atoms with E-state index in [2.05, 4.69) is 41.7 Å². The molecule has 12 heteroatoms. The number of amides is 2. The number of aliphatic imine (C=N–C) groups is 1. The highest BCUT2D eigenvalue weighted by atomic mass is 19.4. The maximum absolute atomic E-state index is 13.5. The molecular formula is C25H34F3N6O3-. The Morgan fingerprint density at radius 2 is 1.89 bits per heavy atom. The van der Waals surface area contributed by atoms with Gasteiger partial charge in [-0.25, -0.2) is 0 Å². The molecule has 1 saturated carbocycles. The van der Waals surface area contributed by atoms with Gasteiger partial charge in [0.15, 0.2) is 0 Å². The highest BCUT2D eigenvalue weighted by molar-refractivity contribution is 5.86. The maximum Gasteiger partial charge on any atom is 0.416 e. The number of fused-ring (bicyclic) bond motifs is 1. The molecule has 0 spiro atoms. The quantitative estimate of drug-likeness (QED) is 0.547. The molecule has 2 aliphatic heterocycles. The first-order valence-corrected chi connectivity index (χ1v) is 12.5. The molecular weight excluding hydrogens is 489 g/mol. The largest absolute Gasteiger partial charge is 0.753 e. The second kappa shape index (κ2) is 10.2. The third-order valence-electron chi connectivity index (χ3n) is 7.05. The minimum absolute atomic E-state index is 0.0539. The molecule has 3 N–H and O–H groups in total. The Hall–Kier alpha value is -2.70. The van der Waals surface area contributed by atoms with E-state index < -0.39 is 23.9 Å². The van der Waals surface area contributed by atoms with Gasteiger partial charge in [0.05, 0.1) is 30.0 Å². The van der Waals surface area contributed by atoms with Gasteiger partial charge in [-0.1, -0.05) is 0 Å². The third-order valence-corrected chi connectivity index (χ3v) is 7.05. The van der Waals surface area contributed by atoms with Gasteiger partial charge in [-0.05, 0) is 64.7 Å². The number of rotatable bonds is 5. The molecule has 1 unspecified atom stereocenters. The number of carbonyl (C=O) groups excluding carboxylic acids is 2. The number of anilines is 1. The molecule has 1 saturated heterocycles. The van der Waals surface area contributed by atoms with Crippen LogP contribution in [-0.2, 0) is 15.8 Å². The molecule has 1 aromatic rings. The summed E-state index contributed by atoms with van der Waals surface area (Å²) in [4.78, 5) is 31.2. The molecule has 9 nitrogen and oxygen atoms in total. The zero-order chi connectivity index (χ0) is 27.1. The van der Waals surface area contributed by atoms with Crippen LogP contribution in [0.5, 0.6) is 0 Å². The number of hydrogen-bond acceptors (Lipinski definition) is 7. The Bertz CT molecular complexity index is 1060. The van der Waals surface area contributed by atoms with E-state index in [1.807, 2.05) is 0 Å². The predicted octanol–water partition coefficient (Wildman–Crippen LogP) is 3.05. The van der Waals surface area contributed by atoms with Gasteiger partial charge in [0.25, 0.3) is 0 Å². The molecule has 5 atom stereocenters. The number of likely N-dealkylation sites (tertiary alicyclic amines) is 1. The number of halogens is 3. The van der Waals surface area contributed by atoms with Crippen molar-refractivity contribution in [3.05, 3.63) is 34.5 Å². The Kier molecular flexibility index (Phi) is 7.55. The Labute approximate surface area is 214 Å². The molecule has 0 bridgehead atoms. The van der Waals surface area contributed by atoms with Gasteiger partial charge in [0.2, 0.25) is 11.8 Å². The van der Waals surface area contributed by atoms with E-state index in [-0.39, 0.29) is 46.7 Å². The van der Waals surface area contributed by atoms with Crippen molar-refractivity contribution in [1.29, 1.82) is 0 Å². The average Bonchev–Trinajstić information content (AvgIpc) is 3.13. The number of carbonyl (C=O) groups is 2. The van der Waals surface area contributed by atoms with Gasteiger partial charge in [-0.2, -0.15) is 13.2 Å². The maximum atomic E-state index is 13.5. The van der Waals surface area contributed by atoms with E-state index in [0.29, 0.717) is 30.9 Å². The molecule has 0 aromatic heterocycles. The van der Waals surface area contributed by atoms with Crippen LogP contribution < -0.4 is 21.0 Å².